The van der Waals surface area contributed by atoms with Gasteiger partial charge in [-0.25, -0.2) is 9.67 Å². The Morgan fingerprint density at radius 3 is 2.75 bits per heavy atom. The molecule has 0 atom stereocenters. The molecule has 0 fully saturated rings. The van der Waals surface area contributed by atoms with Crippen molar-refractivity contribution < 1.29 is 10.0 Å². The number of aliphatic hydroxyl groups is 1. The Labute approximate surface area is 139 Å². The van der Waals surface area contributed by atoms with Crippen molar-refractivity contribution in [3.63, 3.8) is 0 Å². The van der Waals surface area contributed by atoms with E-state index in [1.807, 2.05) is 0 Å². The summed E-state index contributed by atoms with van der Waals surface area (Å²) in [7, 11) is 0. The fourth-order valence-electron chi connectivity index (χ4n) is 2.14. The average Bonchev–Trinajstić information content (AvgIpc) is 2.97. The highest BCUT2D eigenvalue weighted by atomic mass is 32.2. The zero-order valence-corrected chi connectivity index (χ0v) is 13.2. The van der Waals surface area contributed by atoms with Crippen molar-refractivity contribution in [2.24, 2.45) is 0 Å². The zero-order chi connectivity index (χ0) is 17.1. The maximum atomic E-state index is 12.0. The molecule has 3 aromatic rings. The van der Waals surface area contributed by atoms with E-state index in [1.54, 1.807) is 12.1 Å². The van der Waals surface area contributed by atoms with Crippen molar-refractivity contribution in [2.75, 3.05) is 6.61 Å². The van der Waals surface area contributed by atoms with Crippen LogP contribution in [0.25, 0.3) is 11.0 Å². The summed E-state index contributed by atoms with van der Waals surface area (Å²) in [5.74, 6) is 0.501. The van der Waals surface area contributed by atoms with E-state index >= 15 is 0 Å². The molecule has 2 aromatic heterocycles. The molecule has 2 heterocycles. The molecule has 0 spiro atoms. The minimum absolute atomic E-state index is 0.0320. The van der Waals surface area contributed by atoms with Gasteiger partial charge >= 0.3 is 0 Å². The number of benzene rings is 1. The number of hydrogen-bond donors (Lipinski definition) is 2. The van der Waals surface area contributed by atoms with Gasteiger partial charge in [-0.1, -0.05) is 23.9 Å². The molecule has 2 N–H and O–H groups in total. The number of non-ortho nitro benzene ring substituents is 1. The summed E-state index contributed by atoms with van der Waals surface area (Å²) >= 11 is 1.31. The Bertz CT molecular complexity index is 934. The summed E-state index contributed by atoms with van der Waals surface area (Å²) in [5, 5.41) is 24.5. The lowest BCUT2D eigenvalue weighted by Crippen LogP contribution is -2.11. The molecule has 0 saturated carbocycles. The minimum Gasteiger partial charge on any atom is -0.394 e. The number of nitro groups is 1. The molecule has 0 aliphatic carbocycles. The van der Waals surface area contributed by atoms with Gasteiger partial charge in [0.1, 0.15) is 5.39 Å². The van der Waals surface area contributed by atoms with E-state index < -0.39 is 4.92 Å². The average molecular weight is 347 g/mol. The second-order valence-electron chi connectivity index (χ2n) is 4.91. The predicted molar refractivity (Wildman–Crippen MR) is 87.9 cm³/mol. The molecule has 0 radical (unpaired) electrons. The first-order valence-corrected chi connectivity index (χ1v) is 8.00. The molecule has 0 unspecified atom stereocenters. The molecule has 10 heteroatoms. The first-order valence-electron chi connectivity index (χ1n) is 7.01. The fraction of sp³-hybridized carbons (Fsp3) is 0.214. The van der Waals surface area contributed by atoms with Gasteiger partial charge in [-0.3, -0.25) is 14.9 Å². The van der Waals surface area contributed by atoms with Gasteiger partial charge in [0.15, 0.2) is 10.8 Å². The highest BCUT2D eigenvalue weighted by molar-refractivity contribution is 7.98. The van der Waals surface area contributed by atoms with E-state index in [2.05, 4.69) is 15.1 Å². The Morgan fingerprint density at radius 2 is 2.08 bits per heavy atom. The van der Waals surface area contributed by atoms with Crippen molar-refractivity contribution in [2.45, 2.75) is 17.5 Å². The number of fused-ring (bicyclic) bond motifs is 1. The molecule has 0 bridgehead atoms. The Kier molecular flexibility index (Phi) is 4.58. The van der Waals surface area contributed by atoms with Crippen LogP contribution in [0.15, 0.2) is 40.4 Å². The molecule has 0 saturated heterocycles. The molecular weight excluding hydrogens is 334 g/mol. The van der Waals surface area contributed by atoms with Crippen LogP contribution in [0.3, 0.4) is 0 Å². The summed E-state index contributed by atoms with van der Waals surface area (Å²) in [6, 6.07) is 6.20. The quantitative estimate of drug-likeness (QED) is 0.298. The number of H-pyrrole nitrogens is 1. The van der Waals surface area contributed by atoms with Gasteiger partial charge in [-0.2, -0.15) is 5.10 Å². The molecule has 0 aliphatic rings. The third kappa shape index (κ3) is 3.29. The number of nitro benzene ring substituents is 1. The zero-order valence-electron chi connectivity index (χ0n) is 12.4. The highest BCUT2D eigenvalue weighted by Gasteiger charge is 2.11. The van der Waals surface area contributed by atoms with Crippen molar-refractivity contribution in [3.8, 4) is 0 Å². The largest absolute Gasteiger partial charge is 0.394 e. The number of hydrogen-bond acceptors (Lipinski definition) is 7. The maximum Gasteiger partial charge on any atom is 0.269 e. The van der Waals surface area contributed by atoms with Crippen LogP contribution in [0.1, 0.15) is 5.56 Å². The van der Waals surface area contributed by atoms with Gasteiger partial charge in [0, 0.05) is 17.9 Å². The summed E-state index contributed by atoms with van der Waals surface area (Å²) < 4.78 is 1.47. The normalized spacial score (nSPS) is 11.0. The third-order valence-corrected chi connectivity index (χ3v) is 4.26. The van der Waals surface area contributed by atoms with Crippen molar-refractivity contribution in [1.82, 2.24) is 19.7 Å². The van der Waals surface area contributed by atoms with E-state index in [1.165, 1.54) is 34.8 Å². The van der Waals surface area contributed by atoms with Crippen LogP contribution in [0.2, 0.25) is 0 Å². The van der Waals surface area contributed by atoms with Crippen molar-refractivity contribution in [1.29, 1.82) is 0 Å². The van der Waals surface area contributed by atoms with Crippen LogP contribution in [0.5, 0.6) is 0 Å². The number of aromatic nitrogens is 4. The van der Waals surface area contributed by atoms with E-state index in [-0.39, 0.29) is 24.4 Å². The SMILES string of the molecule is O=c1[nH]c(SCc2ccc([N+](=O)[O-])cc2)nc2c1cnn2CCO. The van der Waals surface area contributed by atoms with E-state index in [4.69, 9.17) is 5.11 Å². The molecule has 1 aromatic carbocycles. The van der Waals surface area contributed by atoms with Crippen molar-refractivity contribution in [3.05, 3.63) is 56.5 Å². The second kappa shape index (κ2) is 6.81. The van der Waals surface area contributed by atoms with Crippen LogP contribution in [-0.4, -0.2) is 36.4 Å². The van der Waals surface area contributed by atoms with Gasteiger partial charge < -0.3 is 10.1 Å². The molecule has 3 rings (SSSR count). The van der Waals surface area contributed by atoms with Gasteiger partial charge in [-0.15, -0.1) is 0 Å². The number of rotatable bonds is 6. The lowest BCUT2D eigenvalue weighted by Gasteiger charge is -2.03. The van der Waals surface area contributed by atoms with Gasteiger partial charge in [-0.05, 0) is 5.56 Å². The van der Waals surface area contributed by atoms with E-state index in [0.717, 1.165) is 5.56 Å². The monoisotopic (exact) mass is 347 g/mol. The fourth-order valence-corrected chi connectivity index (χ4v) is 2.95. The number of nitrogens with one attached hydrogen (secondary N) is 1. The predicted octanol–water partition coefficient (Wildman–Crippen LogP) is 1.31. The van der Waals surface area contributed by atoms with Crippen LogP contribution in [0.4, 0.5) is 5.69 Å². The summed E-state index contributed by atoms with van der Waals surface area (Å²) in [4.78, 5) is 29.3. The standard InChI is InChI=1S/C14H13N5O4S/c20-6-5-18-12-11(7-15-18)13(21)17-14(16-12)24-8-9-1-3-10(4-2-9)19(22)23/h1-4,7,20H,5-6,8H2,(H,16,17,21). The van der Waals surface area contributed by atoms with Gasteiger partial charge in [0.2, 0.25) is 0 Å². The topological polar surface area (TPSA) is 127 Å². The molecule has 0 amide bonds. The van der Waals surface area contributed by atoms with Crippen LogP contribution < -0.4 is 5.56 Å². The van der Waals surface area contributed by atoms with Crippen LogP contribution in [-0.2, 0) is 12.3 Å². The van der Waals surface area contributed by atoms with Crippen LogP contribution in [0, 0.1) is 10.1 Å². The number of nitrogens with zero attached hydrogens (tertiary/aromatic N) is 4. The third-order valence-electron chi connectivity index (χ3n) is 3.32. The lowest BCUT2D eigenvalue weighted by molar-refractivity contribution is -0.384. The van der Waals surface area contributed by atoms with Gasteiger partial charge in [0.25, 0.3) is 11.2 Å². The molecule has 124 valence electrons. The summed E-state index contributed by atoms with van der Waals surface area (Å²) in [5.41, 5.74) is 1.02. The summed E-state index contributed by atoms with van der Waals surface area (Å²) in [6.07, 6.45) is 1.42. The van der Waals surface area contributed by atoms with Crippen molar-refractivity contribution >= 4 is 28.5 Å². The second-order valence-corrected chi connectivity index (χ2v) is 5.88. The Morgan fingerprint density at radius 1 is 1.33 bits per heavy atom. The number of aromatic amines is 1. The number of thioether (sulfide) groups is 1. The molecule has 0 aliphatic heterocycles. The molecule has 24 heavy (non-hydrogen) atoms. The highest BCUT2D eigenvalue weighted by Crippen LogP contribution is 2.21. The van der Waals surface area contributed by atoms with Gasteiger partial charge in [0.05, 0.1) is 24.3 Å². The molecule has 9 nitrogen and oxygen atoms in total. The van der Waals surface area contributed by atoms with E-state index in [9.17, 15) is 14.9 Å². The van der Waals surface area contributed by atoms with E-state index in [0.29, 0.717) is 21.9 Å². The Hall–Kier alpha value is -2.72. The number of aliphatic hydroxyl groups excluding tert-OH is 1. The minimum atomic E-state index is -0.452. The lowest BCUT2D eigenvalue weighted by atomic mass is 10.2. The first kappa shape index (κ1) is 16.1. The first-order chi connectivity index (χ1) is 11.6. The Balaban J connectivity index is 1.80. The van der Waals surface area contributed by atoms with Crippen LogP contribution >= 0.6 is 11.8 Å². The maximum absolute atomic E-state index is 12.0. The smallest absolute Gasteiger partial charge is 0.269 e. The molecular formula is C14H13N5O4S. The summed E-state index contributed by atoms with van der Waals surface area (Å²) in [6.45, 7) is 0.156.